The molecule has 0 radical (unpaired) electrons. The molecule has 0 saturated heterocycles. The van der Waals surface area contributed by atoms with Crippen LogP contribution in [-0.2, 0) is 5.41 Å². The maximum atomic E-state index is 11.1. The normalized spacial score (nSPS) is 11.4. The molecular weight excluding hydrogens is 312 g/mol. The fraction of sp³-hybridized carbons (Fsp3) is 0.429. The maximum absolute atomic E-state index is 11.1. The van der Waals surface area contributed by atoms with Crippen molar-refractivity contribution in [2.45, 2.75) is 53.4 Å². The van der Waals surface area contributed by atoms with Crippen molar-refractivity contribution in [2.24, 2.45) is 0 Å². The van der Waals surface area contributed by atoms with Gasteiger partial charge in [-0.25, -0.2) is 9.78 Å². The van der Waals surface area contributed by atoms with Crippen molar-refractivity contribution in [1.29, 1.82) is 0 Å². The van der Waals surface area contributed by atoms with Gasteiger partial charge in [-0.05, 0) is 60.6 Å². The molecule has 0 aliphatic carbocycles. The lowest BCUT2D eigenvalue weighted by Gasteiger charge is -2.29. The van der Waals surface area contributed by atoms with E-state index in [1.807, 2.05) is 0 Å². The molecule has 0 spiro atoms. The maximum Gasteiger partial charge on any atom is 0.337 e. The van der Waals surface area contributed by atoms with Crippen LogP contribution >= 0.6 is 0 Å². The summed E-state index contributed by atoms with van der Waals surface area (Å²) in [5.41, 5.74) is 5.18. The second-order valence-corrected chi connectivity index (χ2v) is 7.55. The van der Waals surface area contributed by atoms with Crippen molar-refractivity contribution < 1.29 is 9.90 Å². The molecule has 0 bridgehead atoms. The van der Waals surface area contributed by atoms with Crippen molar-refractivity contribution in [3.05, 3.63) is 52.7 Å². The molecule has 4 heteroatoms. The fourth-order valence-electron chi connectivity index (χ4n) is 2.81. The Kier molecular flexibility index (Phi) is 5.51. The Labute approximate surface area is 150 Å². The van der Waals surface area contributed by atoms with Crippen LogP contribution in [0.4, 0.5) is 11.5 Å². The van der Waals surface area contributed by atoms with Crippen molar-refractivity contribution in [1.82, 2.24) is 4.98 Å². The Balaban J connectivity index is 2.56. The van der Waals surface area contributed by atoms with E-state index in [4.69, 9.17) is 5.11 Å². The van der Waals surface area contributed by atoms with Gasteiger partial charge in [0.15, 0.2) is 0 Å². The first kappa shape index (κ1) is 19.0. The molecular formula is C21H28N2O2. The molecule has 1 aromatic carbocycles. The summed E-state index contributed by atoms with van der Waals surface area (Å²) in [6.45, 7) is 13.9. The standard InChI is InChI=1S/C21H28N2O2/c1-7-10-23(19-9-8-16(13-22-19)20(24)25)18-12-17(21(4,5)6)11-14(2)15(18)3/h8-9,11-13H,7,10H2,1-6H3,(H,24,25). The SMILES string of the molecule is CCCN(c1ccc(C(=O)O)cn1)c1cc(C(C)(C)C)cc(C)c1C. The molecule has 2 aromatic rings. The molecule has 0 saturated carbocycles. The molecule has 4 nitrogen and oxygen atoms in total. The second-order valence-electron chi connectivity index (χ2n) is 7.55. The highest BCUT2D eigenvalue weighted by atomic mass is 16.4. The summed E-state index contributed by atoms with van der Waals surface area (Å²) < 4.78 is 0. The average molecular weight is 340 g/mol. The molecule has 2 rings (SSSR count). The quantitative estimate of drug-likeness (QED) is 0.808. The lowest BCUT2D eigenvalue weighted by molar-refractivity contribution is 0.0696. The topological polar surface area (TPSA) is 53.4 Å². The number of aryl methyl sites for hydroxylation is 1. The molecule has 0 unspecified atom stereocenters. The van der Waals surface area contributed by atoms with E-state index in [0.717, 1.165) is 24.5 Å². The van der Waals surface area contributed by atoms with Crippen LogP contribution in [0, 0.1) is 13.8 Å². The lowest BCUT2D eigenvalue weighted by Crippen LogP contribution is -2.22. The molecule has 25 heavy (non-hydrogen) atoms. The average Bonchev–Trinajstić information content (AvgIpc) is 2.54. The van der Waals surface area contributed by atoms with E-state index in [1.54, 1.807) is 12.1 Å². The number of rotatable bonds is 5. The van der Waals surface area contributed by atoms with E-state index in [9.17, 15) is 4.79 Å². The Hall–Kier alpha value is -2.36. The van der Waals surface area contributed by atoms with Crippen LogP contribution in [0.3, 0.4) is 0 Å². The number of pyridine rings is 1. The number of hydrogen-bond donors (Lipinski definition) is 1. The minimum Gasteiger partial charge on any atom is -0.478 e. The summed E-state index contributed by atoms with van der Waals surface area (Å²) in [7, 11) is 0. The van der Waals surface area contributed by atoms with Crippen LogP contribution in [0.1, 0.15) is 61.2 Å². The van der Waals surface area contributed by atoms with E-state index in [0.29, 0.717) is 0 Å². The number of hydrogen-bond acceptors (Lipinski definition) is 3. The van der Waals surface area contributed by atoms with Crippen molar-refractivity contribution in [3.8, 4) is 0 Å². The number of anilines is 2. The first-order valence-corrected chi connectivity index (χ1v) is 8.73. The first-order valence-electron chi connectivity index (χ1n) is 8.73. The summed E-state index contributed by atoms with van der Waals surface area (Å²) in [5, 5.41) is 9.09. The van der Waals surface area contributed by atoms with E-state index in [1.165, 1.54) is 22.9 Å². The molecule has 0 fully saturated rings. The Morgan fingerprint density at radius 3 is 2.36 bits per heavy atom. The molecule has 1 aromatic heterocycles. The Morgan fingerprint density at radius 1 is 1.20 bits per heavy atom. The highest BCUT2D eigenvalue weighted by Gasteiger charge is 2.20. The van der Waals surface area contributed by atoms with Gasteiger partial charge in [-0.15, -0.1) is 0 Å². The first-order chi connectivity index (χ1) is 11.6. The van der Waals surface area contributed by atoms with Gasteiger partial charge in [-0.1, -0.05) is 33.8 Å². The Morgan fingerprint density at radius 2 is 1.88 bits per heavy atom. The predicted octanol–water partition coefficient (Wildman–Crippen LogP) is 5.24. The number of aromatic carboxylic acids is 1. The highest BCUT2D eigenvalue weighted by molar-refractivity contribution is 5.87. The minimum absolute atomic E-state index is 0.0612. The Bertz CT molecular complexity index is 759. The minimum atomic E-state index is -0.956. The van der Waals surface area contributed by atoms with Gasteiger partial charge in [0.25, 0.3) is 0 Å². The third-order valence-corrected chi connectivity index (χ3v) is 4.52. The molecule has 0 amide bonds. The summed E-state index contributed by atoms with van der Waals surface area (Å²) >= 11 is 0. The number of nitrogens with zero attached hydrogens (tertiary/aromatic N) is 2. The number of carbonyl (C=O) groups is 1. The van der Waals surface area contributed by atoms with Crippen LogP contribution < -0.4 is 4.90 Å². The number of aromatic nitrogens is 1. The molecule has 0 atom stereocenters. The van der Waals surface area contributed by atoms with E-state index < -0.39 is 5.97 Å². The summed E-state index contributed by atoms with van der Waals surface area (Å²) in [6.07, 6.45) is 2.40. The molecule has 0 aliphatic heterocycles. The van der Waals surface area contributed by atoms with Gasteiger partial charge >= 0.3 is 5.97 Å². The van der Waals surface area contributed by atoms with Crippen molar-refractivity contribution >= 4 is 17.5 Å². The number of carboxylic acid groups (broad SMARTS) is 1. The summed E-state index contributed by atoms with van der Waals surface area (Å²) in [4.78, 5) is 17.7. The summed E-state index contributed by atoms with van der Waals surface area (Å²) in [5.74, 6) is -0.178. The zero-order valence-electron chi connectivity index (χ0n) is 16.1. The van der Waals surface area contributed by atoms with Crippen LogP contribution in [0.5, 0.6) is 0 Å². The lowest BCUT2D eigenvalue weighted by atomic mass is 9.84. The second kappa shape index (κ2) is 7.26. The fourth-order valence-corrected chi connectivity index (χ4v) is 2.81. The smallest absolute Gasteiger partial charge is 0.337 e. The van der Waals surface area contributed by atoms with Crippen molar-refractivity contribution in [2.75, 3.05) is 11.4 Å². The zero-order chi connectivity index (χ0) is 18.8. The van der Waals surface area contributed by atoms with Gasteiger partial charge in [0.1, 0.15) is 5.82 Å². The van der Waals surface area contributed by atoms with Crippen LogP contribution in [0.2, 0.25) is 0 Å². The highest BCUT2D eigenvalue weighted by Crippen LogP contribution is 2.34. The molecule has 0 aliphatic rings. The summed E-state index contributed by atoms with van der Waals surface area (Å²) in [6, 6.07) is 7.90. The molecule has 1 heterocycles. The predicted molar refractivity (Wildman–Crippen MR) is 103 cm³/mol. The number of benzene rings is 1. The largest absolute Gasteiger partial charge is 0.478 e. The van der Waals surface area contributed by atoms with Gasteiger partial charge in [-0.2, -0.15) is 0 Å². The van der Waals surface area contributed by atoms with E-state index in [-0.39, 0.29) is 11.0 Å². The molecule has 134 valence electrons. The van der Waals surface area contributed by atoms with Gasteiger partial charge < -0.3 is 10.0 Å². The van der Waals surface area contributed by atoms with E-state index in [2.05, 4.69) is 63.6 Å². The van der Waals surface area contributed by atoms with Crippen LogP contribution in [-0.4, -0.2) is 22.6 Å². The number of carboxylic acids is 1. The third kappa shape index (κ3) is 4.19. The van der Waals surface area contributed by atoms with Gasteiger partial charge in [0, 0.05) is 18.4 Å². The van der Waals surface area contributed by atoms with Crippen molar-refractivity contribution in [3.63, 3.8) is 0 Å². The van der Waals surface area contributed by atoms with Crippen LogP contribution in [0.25, 0.3) is 0 Å². The van der Waals surface area contributed by atoms with Gasteiger partial charge in [0.2, 0.25) is 0 Å². The van der Waals surface area contributed by atoms with E-state index >= 15 is 0 Å². The van der Waals surface area contributed by atoms with Crippen LogP contribution in [0.15, 0.2) is 30.5 Å². The zero-order valence-corrected chi connectivity index (χ0v) is 16.1. The monoisotopic (exact) mass is 340 g/mol. The van der Waals surface area contributed by atoms with Gasteiger partial charge in [0.05, 0.1) is 5.56 Å². The third-order valence-electron chi connectivity index (χ3n) is 4.52. The van der Waals surface area contributed by atoms with Gasteiger partial charge in [-0.3, -0.25) is 0 Å². The molecule has 1 N–H and O–H groups in total.